The Hall–Kier alpha value is -2.17. The summed E-state index contributed by atoms with van der Waals surface area (Å²) >= 11 is 0. The highest BCUT2D eigenvalue weighted by Gasteiger charge is 2.47. The lowest BCUT2D eigenvalue weighted by atomic mass is 9.94. The SMILES string of the molecule is O=C(C1CC1)N1C[C@H]2Cc3c(c(-c4ccc(F)cc4)nn3CC3CC3)[C@H]2C1. The highest BCUT2D eigenvalue weighted by atomic mass is 19.1. The van der Waals surface area contributed by atoms with E-state index in [1.807, 2.05) is 12.1 Å². The maximum atomic E-state index is 13.4. The molecule has 2 heterocycles. The van der Waals surface area contributed by atoms with Crippen molar-refractivity contribution in [2.24, 2.45) is 17.8 Å². The third-order valence-electron chi connectivity index (χ3n) is 6.85. The topological polar surface area (TPSA) is 38.1 Å². The summed E-state index contributed by atoms with van der Waals surface area (Å²) in [6, 6.07) is 6.72. The van der Waals surface area contributed by atoms with Gasteiger partial charge in [0.15, 0.2) is 0 Å². The van der Waals surface area contributed by atoms with Crippen molar-refractivity contribution in [3.05, 3.63) is 41.3 Å². The van der Waals surface area contributed by atoms with Gasteiger partial charge in [0, 0.05) is 48.3 Å². The van der Waals surface area contributed by atoms with E-state index in [4.69, 9.17) is 5.10 Å². The van der Waals surface area contributed by atoms with Gasteiger partial charge in [0.2, 0.25) is 5.91 Å². The standard InChI is InChI=1S/C22H24FN3O/c23-17-7-5-14(6-8-17)21-20-18-12-25(22(27)15-3-4-15)11-16(18)9-19(20)26(24-21)10-13-1-2-13/h5-8,13,15-16,18H,1-4,9-12H2/t16-,18+/m1/s1. The second-order valence-electron chi connectivity index (χ2n) is 8.93. The van der Waals surface area contributed by atoms with Crippen LogP contribution in [0.4, 0.5) is 4.39 Å². The Balaban J connectivity index is 1.38. The van der Waals surface area contributed by atoms with Gasteiger partial charge in [0.1, 0.15) is 5.82 Å². The number of rotatable bonds is 4. The molecule has 3 aliphatic carbocycles. The van der Waals surface area contributed by atoms with Crippen LogP contribution in [-0.4, -0.2) is 33.7 Å². The first-order chi connectivity index (χ1) is 13.2. The quantitative estimate of drug-likeness (QED) is 0.830. The zero-order valence-corrected chi connectivity index (χ0v) is 15.4. The maximum Gasteiger partial charge on any atom is 0.225 e. The van der Waals surface area contributed by atoms with Gasteiger partial charge >= 0.3 is 0 Å². The number of likely N-dealkylation sites (tertiary alicyclic amines) is 1. The first kappa shape index (κ1) is 15.8. The third kappa shape index (κ3) is 2.62. The molecule has 0 radical (unpaired) electrons. The lowest BCUT2D eigenvalue weighted by Gasteiger charge is -2.17. The summed E-state index contributed by atoms with van der Waals surface area (Å²) in [5.41, 5.74) is 4.71. The molecule has 1 aromatic heterocycles. The van der Waals surface area contributed by atoms with Crippen molar-refractivity contribution in [1.29, 1.82) is 0 Å². The van der Waals surface area contributed by atoms with Gasteiger partial charge in [-0.2, -0.15) is 5.10 Å². The molecule has 1 aliphatic heterocycles. The van der Waals surface area contributed by atoms with Crippen molar-refractivity contribution >= 4 is 5.91 Å². The van der Waals surface area contributed by atoms with Crippen molar-refractivity contribution in [3.8, 4) is 11.3 Å². The molecule has 1 saturated heterocycles. The molecule has 4 aliphatic rings. The summed E-state index contributed by atoms with van der Waals surface area (Å²) in [6.45, 7) is 2.73. The second kappa shape index (κ2) is 5.66. The molecule has 2 aromatic rings. The van der Waals surface area contributed by atoms with Crippen LogP contribution in [0.5, 0.6) is 0 Å². The zero-order chi connectivity index (χ0) is 18.1. The molecule has 2 saturated carbocycles. The van der Waals surface area contributed by atoms with E-state index in [0.29, 0.717) is 17.7 Å². The molecular weight excluding hydrogens is 341 g/mol. The number of amides is 1. The van der Waals surface area contributed by atoms with Crippen molar-refractivity contribution in [3.63, 3.8) is 0 Å². The van der Waals surface area contributed by atoms with E-state index in [1.165, 1.54) is 36.2 Å². The van der Waals surface area contributed by atoms with Crippen LogP contribution in [-0.2, 0) is 17.8 Å². The van der Waals surface area contributed by atoms with Gasteiger partial charge in [-0.05, 0) is 68.2 Å². The van der Waals surface area contributed by atoms with Crippen LogP contribution in [0.15, 0.2) is 24.3 Å². The Morgan fingerprint density at radius 1 is 1.11 bits per heavy atom. The molecule has 5 heteroatoms. The van der Waals surface area contributed by atoms with E-state index < -0.39 is 0 Å². The molecule has 6 rings (SSSR count). The molecule has 3 fully saturated rings. The Morgan fingerprint density at radius 2 is 1.89 bits per heavy atom. The van der Waals surface area contributed by atoms with Gasteiger partial charge in [-0.15, -0.1) is 0 Å². The normalized spacial score (nSPS) is 26.3. The van der Waals surface area contributed by atoms with Crippen molar-refractivity contribution in [1.82, 2.24) is 14.7 Å². The predicted molar refractivity (Wildman–Crippen MR) is 99.6 cm³/mol. The molecule has 0 spiro atoms. The highest BCUT2D eigenvalue weighted by molar-refractivity contribution is 5.81. The van der Waals surface area contributed by atoms with Crippen LogP contribution in [0.3, 0.4) is 0 Å². The number of fused-ring (bicyclic) bond motifs is 3. The minimum absolute atomic E-state index is 0.215. The minimum atomic E-state index is -0.215. The number of halogens is 1. The zero-order valence-electron chi connectivity index (χ0n) is 15.4. The lowest BCUT2D eigenvalue weighted by molar-refractivity contribution is -0.131. The van der Waals surface area contributed by atoms with Gasteiger partial charge in [-0.3, -0.25) is 9.48 Å². The van der Waals surface area contributed by atoms with Gasteiger partial charge < -0.3 is 4.90 Å². The van der Waals surface area contributed by atoms with Crippen molar-refractivity contribution in [2.45, 2.75) is 44.6 Å². The van der Waals surface area contributed by atoms with Crippen LogP contribution in [0, 0.1) is 23.6 Å². The van der Waals surface area contributed by atoms with Crippen molar-refractivity contribution in [2.75, 3.05) is 13.1 Å². The molecule has 0 bridgehead atoms. The molecule has 0 unspecified atom stereocenters. The van der Waals surface area contributed by atoms with E-state index >= 15 is 0 Å². The van der Waals surface area contributed by atoms with E-state index in [0.717, 1.165) is 56.1 Å². The van der Waals surface area contributed by atoms with E-state index in [1.54, 1.807) is 0 Å². The summed E-state index contributed by atoms with van der Waals surface area (Å²) in [5.74, 6) is 2.11. The molecule has 1 amide bonds. The Kier molecular flexibility index (Phi) is 3.32. The number of carbonyl (C=O) groups is 1. The second-order valence-corrected chi connectivity index (χ2v) is 8.93. The Morgan fingerprint density at radius 3 is 2.59 bits per heavy atom. The fraction of sp³-hybridized carbons (Fsp3) is 0.545. The van der Waals surface area contributed by atoms with Crippen LogP contribution in [0.1, 0.15) is 42.9 Å². The lowest BCUT2D eigenvalue weighted by Crippen LogP contribution is -2.30. The molecule has 1 aromatic carbocycles. The highest BCUT2D eigenvalue weighted by Crippen LogP contribution is 2.48. The summed E-state index contributed by atoms with van der Waals surface area (Å²) in [7, 11) is 0. The average molecular weight is 365 g/mol. The van der Waals surface area contributed by atoms with Crippen molar-refractivity contribution < 1.29 is 9.18 Å². The summed E-state index contributed by atoms with van der Waals surface area (Å²) < 4.78 is 15.7. The number of aromatic nitrogens is 2. The molecule has 2 atom stereocenters. The number of hydrogen-bond acceptors (Lipinski definition) is 2. The predicted octanol–water partition coefficient (Wildman–Crippen LogP) is 3.61. The molecule has 140 valence electrons. The smallest absolute Gasteiger partial charge is 0.225 e. The monoisotopic (exact) mass is 365 g/mol. The van der Waals surface area contributed by atoms with Crippen LogP contribution in [0.2, 0.25) is 0 Å². The van der Waals surface area contributed by atoms with Crippen LogP contribution < -0.4 is 0 Å². The molecule has 27 heavy (non-hydrogen) atoms. The Bertz CT molecular complexity index is 910. The van der Waals surface area contributed by atoms with Gasteiger partial charge in [-0.25, -0.2) is 4.39 Å². The van der Waals surface area contributed by atoms with E-state index in [2.05, 4.69) is 9.58 Å². The molecule has 0 N–H and O–H groups in total. The number of carbonyl (C=O) groups excluding carboxylic acids is 1. The van der Waals surface area contributed by atoms with Gasteiger partial charge in [-0.1, -0.05) is 0 Å². The summed E-state index contributed by atoms with van der Waals surface area (Å²) in [6.07, 6.45) is 5.76. The van der Waals surface area contributed by atoms with Gasteiger partial charge in [0.05, 0.1) is 5.69 Å². The first-order valence-electron chi connectivity index (χ1n) is 10.3. The van der Waals surface area contributed by atoms with Crippen LogP contribution in [0.25, 0.3) is 11.3 Å². The van der Waals surface area contributed by atoms with E-state index in [9.17, 15) is 9.18 Å². The summed E-state index contributed by atoms with van der Waals surface area (Å²) in [5, 5.41) is 4.98. The maximum absolute atomic E-state index is 13.4. The summed E-state index contributed by atoms with van der Waals surface area (Å²) in [4.78, 5) is 14.7. The minimum Gasteiger partial charge on any atom is -0.342 e. The molecule has 4 nitrogen and oxygen atoms in total. The molecular formula is C22H24FN3O. The van der Waals surface area contributed by atoms with E-state index in [-0.39, 0.29) is 11.7 Å². The fourth-order valence-electron chi connectivity index (χ4n) is 5.05. The number of hydrogen-bond donors (Lipinski definition) is 0. The third-order valence-corrected chi connectivity index (χ3v) is 6.85. The largest absolute Gasteiger partial charge is 0.342 e. The Labute approximate surface area is 158 Å². The first-order valence-corrected chi connectivity index (χ1v) is 10.3. The van der Waals surface area contributed by atoms with Crippen LogP contribution >= 0.6 is 0 Å². The van der Waals surface area contributed by atoms with Gasteiger partial charge in [0.25, 0.3) is 0 Å². The number of benzene rings is 1. The average Bonchev–Trinajstić information content (AvgIpc) is 3.56. The fourth-order valence-corrected chi connectivity index (χ4v) is 5.05. The number of nitrogens with zero attached hydrogens (tertiary/aromatic N) is 3.